The van der Waals surface area contributed by atoms with Crippen LogP contribution in [0.1, 0.15) is 32.8 Å². The maximum absolute atomic E-state index is 12.3. The third-order valence-corrected chi connectivity index (χ3v) is 4.00. The summed E-state index contributed by atoms with van der Waals surface area (Å²) in [7, 11) is 0. The number of esters is 1. The van der Waals surface area contributed by atoms with E-state index in [0.717, 1.165) is 11.3 Å². The van der Waals surface area contributed by atoms with Crippen molar-refractivity contribution in [2.45, 2.75) is 39.7 Å². The monoisotopic (exact) mass is 292 g/mol. The van der Waals surface area contributed by atoms with Gasteiger partial charge in [0.05, 0.1) is 6.61 Å². The SMILES string of the molecule is CCOC(=O)OC(=O)C(C)(CC)C1Cc2ccccc2O1. The highest BCUT2D eigenvalue weighted by Gasteiger charge is 2.46. The van der Waals surface area contributed by atoms with Crippen molar-refractivity contribution in [1.29, 1.82) is 0 Å². The molecular formula is C16H20O5. The van der Waals surface area contributed by atoms with E-state index in [1.807, 2.05) is 31.2 Å². The number of para-hydroxylation sites is 1. The second-order valence-corrected chi connectivity index (χ2v) is 5.26. The van der Waals surface area contributed by atoms with Crippen LogP contribution in [0.15, 0.2) is 24.3 Å². The lowest BCUT2D eigenvalue weighted by Crippen LogP contribution is -2.44. The van der Waals surface area contributed by atoms with Crippen molar-refractivity contribution in [1.82, 2.24) is 0 Å². The van der Waals surface area contributed by atoms with E-state index in [0.29, 0.717) is 12.8 Å². The Balaban J connectivity index is 2.12. The summed E-state index contributed by atoms with van der Waals surface area (Å²) in [5.41, 5.74) is 0.164. The highest BCUT2D eigenvalue weighted by atomic mass is 16.7. The molecule has 0 aliphatic carbocycles. The summed E-state index contributed by atoms with van der Waals surface area (Å²) in [5, 5.41) is 0. The minimum atomic E-state index is -0.960. The van der Waals surface area contributed by atoms with Crippen molar-refractivity contribution >= 4 is 12.1 Å². The molecule has 0 radical (unpaired) electrons. The van der Waals surface area contributed by atoms with Gasteiger partial charge in [0, 0.05) is 6.42 Å². The molecule has 0 aromatic heterocycles. The molecule has 0 N–H and O–H groups in total. The maximum Gasteiger partial charge on any atom is 0.516 e. The topological polar surface area (TPSA) is 61.8 Å². The van der Waals surface area contributed by atoms with Crippen LogP contribution in [0.5, 0.6) is 5.75 Å². The average Bonchev–Trinajstić information content (AvgIpc) is 2.90. The Bertz CT molecular complexity index is 514. The molecule has 0 amide bonds. The summed E-state index contributed by atoms with van der Waals surface area (Å²) in [6, 6.07) is 7.68. The van der Waals surface area contributed by atoms with Crippen molar-refractivity contribution in [3.63, 3.8) is 0 Å². The van der Waals surface area contributed by atoms with Gasteiger partial charge in [-0.05, 0) is 31.9 Å². The van der Waals surface area contributed by atoms with Crippen LogP contribution in [-0.4, -0.2) is 24.8 Å². The summed E-state index contributed by atoms with van der Waals surface area (Å²) in [5.74, 6) is 0.173. The summed E-state index contributed by atoms with van der Waals surface area (Å²) in [6.07, 6.45) is -0.179. The number of hydrogen-bond acceptors (Lipinski definition) is 5. The van der Waals surface area contributed by atoms with Gasteiger partial charge in [0.15, 0.2) is 0 Å². The smallest absolute Gasteiger partial charge is 0.489 e. The highest BCUT2D eigenvalue weighted by molar-refractivity contribution is 5.86. The zero-order chi connectivity index (χ0) is 15.5. The summed E-state index contributed by atoms with van der Waals surface area (Å²) >= 11 is 0. The standard InChI is InChI=1S/C16H20O5/c1-4-16(3,14(17)21-15(18)19-5-2)13-10-11-8-6-7-9-12(11)20-13/h6-9,13H,4-5,10H2,1-3H3. The Labute approximate surface area is 124 Å². The molecule has 0 spiro atoms. The van der Waals surface area contributed by atoms with Gasteiger partial charge in [0.1, 0.15) is 17.3 Å². The van der Waals surface area contributed by atoms with Crippen molar-refractivity contribution in [3.05, 3.63) is 29.8 Å². The van der Waals surface area contributed by atoms with Crippen LogP contribution in [0, 0.1) is 5.41 Å². The molecule has 5 heteroatoms. The molecule has 1 heterocycles. The zero-order valence-corrected chi connectivity index (χ0v) is 12.5. The lowest BCUT2D eigenvalue weighted by atomic mass is 9.80. The van der Waals surface area contributed by atoms with Crippen LogP contribution in [0.25, 0.3) is 0 Å². The molecule has 21 heavy (non-hydrogen) atoms. The molecule has 0 bridgehead atoms. The van der Waals surface area contributed by atoms with E-state index < -0.39 is 17.5 Å². The third-order valence-electron chi connectivity index (χ3n) is 4.00. The fourth-order valence-corrected chi connectivity index (χ4v) is 2.38. The molecule has 1 aliphatic heterocycles. The second kappa shape index (κ2) is 6.16. The third kappa shape index (κ3) is 3.01. The predicted octanol–water partition coefficient (Wildman–Crippen LogP) is 3.11. The van der Waals surface area contributed by atoms with Crippen LogP contribution in [0.4, 0.5) is 4.79 Å². The first-order valence-corrected chi connectivity index (χ1v) is 7.14. The predicted molar refractivity (Wildman–Crippen MR) is 76.1 cm³/mol. The average molecular weight is 292 g/mol. The Hall–Kier alpha value is -2.04. The first-order valence-electron chi connectivity index (χ1n) is 7.14. The maximum atomic E-state index is 12.3. The Kier molecular flexibility index (Phi) is 4.50. The van der Waals surface area contributed by atoms with Gasteiger partial charge in [0.25, 0.3) is 0 Å². The largest absolute Gasteiger partial charge is 0.516 e. The van der Waals surface area contributed by atoms with E-state index in [9.17, 15) is 9.59 Å². The minimum absolute atomic E-state index is 0.167. The van der Waals surface area contributed by atoms with Crippen LogP contribution in [0.2, 0.25) is 0 Å². The molecule has 0 saturated heterocycles. The quantitative estimate of drug-likeness (QED) is 0.630. The first kappa shape index (κ1) is 15.4. The Morgan fingerprint density at radius 2 is 2.05 bits per heavy atom. The van der Waals surface area contributed by atoms with Gasteiger partial charge < -0.3 is 14.2 Å². The zero-order valence-electron chi connectivity index (χ0n) is 12.5. The number of ether oxygens (including phenoxy) is 3. The molecule has 1 aliphatic rings. The number of fused-ring (bicyclic) bond motifs is 1. The Morgan fingerprint density at radius 3 is 2.67 bits per heavy atom. The van der Waals surface area contributed by atoms with Gasteiger partial charge in [-0.25, -0.2) is 4.79 Å². The number of carbonyl (C=O) groups is 2. The molecule has 2 unspecified atom stereocenters. The van der Waals surface area contributed by atoms with Gasteiger partial charge in [-0.2, -0.15) is 0 Å². The fourth-order valence-electron chi connectivity index (χ4n) is 2.38. The van der Waals surface area contributed by atoms with E-state index in [-0.39, 0.29) is 12.7 Å². The van der Waals surface area contributed by atoms with Crippen LogP contribution in [0.3, 0.4) is 0 Å². The second-order valence-electron chi connectivity index (χ2n) is 5.26. The van der Waals surface area contributed by atoms with Crippen LogP contribution in [-0.2, 0) is 20.7 Å². The fraction of sp³-hybridized carbons (Fsp3) is 0.500. The van der Waals surface area contributed by atoms with Crippen molar-refractivity contribution in [2.75, 3.05) is 6.61 Å². The summed E-state index contributed by atoms with van der Waals surface area (Å²) < 4.78 is 15.3. The lowest BCUT2D eigenvalue weighted by molar-refractivity contribution is -0.156. The molecule has 5 nitrogen and oxygen atoms in total. The van der Waals surface area contributed by atoms with Crippen LogP contribution < -0.4 is 4.74 Å². The van der Waals surface area contributed by atoms with Gasteiger partial charge in [-0.15, -0.1) is 0 Å². The minimum Gasteiger partial charge on any atom is -0.489 e. The molecule has 1 aromatic carbocycles. The molecule has 2 atom stereocenters. The lowest BCUT2D eigenvalue weighted by Gasteiger charge is -2.30. The number of rotatable bonds is 4. The number of hydrogen-bond donors (Lipinski definition) is 0. The van der Waals surface area contributed by atoms with Crippen molar-refractivity contribution in [3.8, 4) is 5.75 Å². The molecule has 0 fully saturated rings. The summed E-state index contributed by atoms with van der Waals surface area (Å²) in [6.45, 7) is 5.45. The van der Waals surface area contributed by atoms with Crippen molar-refractivity contribution in [2.24, 2.45) is 5.41 Å². The first-order chi connectivity index (χ1) is 10.0. The van der Waals surface area contributed by atoms with Crippen LogP contribution >= 0.6 is 0 Å². The molecule has 0 saturated carbocycles. The van der Waals surface area contributed by atoms with Gasteiger partial charge in [-0.3, -0.25) is 4.79 Å². The van der Waals surface area contributed by atoms with Gasteiger partial charge in [-0.1, -0.05) is 25.1 Å². The van der Waals surface area contributed by atoms with Gasteiger partial charge >= 0.3 is 12.1 Å². The van der Waals surface area contributed by atoms with E-state index in [1.54, 1.807) is 13.8 Å². The molecule has 114 valence electrons. The normalized spacial score (nSPS) is 19.1. The van der Waals surface area contributed by atoms with E-state index in [4.69, 9.17) is 9.47 Å². The summed E-state index contributed by atoms with van der Waals surface area (Å²) in [4.78, 5) is 23.7. The molecule has 2 rings (SSSR count). The number of carbonyl (C=O) groups excluding carboxylic acids is 2. The van der Waals surface area contributed by atoms with Gasteiger partial charge in [0.2, 0.25) is 0 Å². The molecular weight excluding hydrogens is 272 g/mol. The van der Waals surface area contributed by atoms with E-state index in [1.165, 1.54) is 0 Å². The molecule has 1 aromatic rings. The highest BCUT2D eigenvalue weighted by Crippen LogP contribution is 2.39. The van der Waals surface area contributed by atoms with E-state index in [2.05, 4.69) is 4.74 Å². The Morgan fingerprint density at radius 1 is 1.33 bits per heavy atom. The number of benzene rings is 1. The van der Waals surface area contributed by atoms with Crippen molar-refractivity contribution < 1.29 is 23.8 Å². The van der Waals surface area contributed by atoms with E-state index >= 15 is 0 Å².